The molecule has 4 heteroatoms. The van der Waals surface area contributed by atoms with Crippen LogP contribution in [0.4, 0.5) is 0 Å². The van der Waals surface area contributed by atoms with Crippen LogP contribution in [0.15, 0.2) is 140 Å². The van der Waals surface area contributed by atoms with Crippen LogP contribution in [0.2, 0.25) is 0 Å². The van der Waals surface area contributed by atoms with Crippen molar-refractivity contribution >= 4 is 31.5 Å². The van der Waals surface area contributed by atoms with E-state index < -0.39 is 0 Å². The summed E-state index contributed by atoms with van der Waals surface area (Å²) < 4.78 is 2.50. The van der Waals surface area contributed by atoms with Crippen LogP contribution in [0.5, 0.6) is 0 Å². The van der Waals surface area contributed by atoms with Gasteiger partial charge in [0.25, 0.3) is 0 Å². The maximum atomic E-state index is 5.09. The van der Waals surface area contributed by atoms with Gasteiger partial charge in [0.1, 0.15) is 0 Å². The molecule has 2 aliphatic carbocycles. The number of benzene rings is 6. The number of nitrogens with zero attached hydrogens (tertiary/aromatic N) is 3. The quantitative estimate of drug-likeness (QED) is 0.191. The molecule has 1 spiro atoms. The molecule has 0 amide bonds. The molecular formula is C45H33N3S. The molecule has 1 saturated carbocycles. The van der Waals surface area contributed by atoms with Crippen molar-refractivity contribution in [1.82, 2.24) is 15.0 Å². The normalized spacial score (nSPS) is 14.7. The number of rotatable bonds is 4. The fraction of sp³-hybridized carbons (Fsp3) is 0.133. The van der Waals surface area contributed by atoms with Crippen molar-refractivity contribution in [1.29, 1.82) is 0 Å². The lowest BCUT2D eigenvalue weighted by Gasteiger charge is -2.36. The molecule has 0 atom stereocenters. The van der Waals surface area contributed by atoms with Crippen LogP contribution in [0.3, 0.4) is 0 Å². The molecule has 0 saturated heterocycles. The van der Waals surface area contributed by atoms with Gasteiger partial charge in [-0.2, -0.15) is 0 Å². The maximum Gasteiger partial charge on any atom is 0.165 e. The molecule has 0 bridgehead atoms. The summed E-state index contributed by atoms with van der Waals surface area (Å²) in [6.07, 6.45) is 6.39. The van der Waals surface area contributed by atoms with E-state index >= 15 is 0 Å². The van der Waals surface area contributed by atoms with Gasteiger partial charge in [0.05, 0.1) is 0 Å². The van der Waals surface area contributed by atoms with Crippen LogP contribution in [0, 0.1) is 0 Å². The molecule has 0 radical (unpaired) electrons. The van der Waals surface area contributed by atoms with E-state index in [0.29, 0.717) is 17.5 Å². The second-order valence-corrected chi connectivity index (χ2v) is 14.5. The third kappa shape index (κ3) is 4.51. The molecular weight excluding hydrogens is 615 g/mol. The van der Waals surface area contributed by atoms with Crippen molar-refractivity contribution in [3.8, 4) is 56.4 Å². The molecule has 2 aliphatic rings. The molecule has 3 nitrogen and oxygen atoms in total. The van der Waals surface area contributed by atoms with Gasteiger partial charge in [-0.05, 0) is 58.4 Å². The predicted octanol–water partition coefficient (Wildman–Crippen LogP) is 12.1. The molecule has 0 unspecified atom stereocenters. The smallest absolute Gasteiger partial charge is 0.165 e. The Kier molecular flexibility index (Phi) is 6.60. The van der Waals surface area contributed by atoms with Crippen molar-refractivity contribution in [2.75, 3.05) is 0 Å². The first-order valence-corrected chi connectivity index (χ1v) is 18.1. The van der Waals surface area contributed by atoms with Gasteiger partial charge in [-0.15, -0.1) is 11.3 Å². The second-order valence-electron chi connectivity index (χ2n) is 13.5. The zero-order valence-electron chi connectivity index (χ0n) is 27.1. The zero-order valence-corrected chi connectivity index (χ0v) is 27.9. The minimum atomic E-state index is 0.132. The van der Waals surface area contributed by atoms with Gasteiger partial charge in [-0.3, -0.25) is 0 Å². The van der Waals surface area contributed by atoms with E-state index in [1.165, 1.54) is 85.7 Å². The SMILES string of the molecule is c1ccc(-c2nc(-c3ccccc3)nc(-c3cccc4c3sc3c(-c5ccc6c(c5)C5(CCCCC5)c5ccccc5-6)cccc34)n2)cc1. The van der Waals surface area contributed by atoms with Crippen LogP contribution in [-0.4, -0.2) is 15.0 Å². The summed E-state index contributed by atoms with van der Waals surface area (Å²) in [5.74, 6) is 2.05. The van der Waals surface area contributed by atoms with Crippen molar-refractivity contribution < 1.29 is 0 Å². The van der Waals surface area contributed by atoms with Crippen molar-refractivity contribution in [3.05, 3.63) is 151 Å². The Morgan fingerprint density at radius 3 is 1.65 bits per heavy atom. The summed E-state index contributed by atoms with van der Waals surface area (Å²) >= 11 is 1.86. The minimum absolute atomic E-state index is 0.132. The van der Waals surface area contributed by atoms with E-state index in [2.05, 4.69) is 103 Å². The minimum Gasteiger partial charge on any atom is -0.208 e. The highest BCUT2D eigenvalue weighted by molar-refractivity contribution is 7.26. The second kappa shape index (κ2) is 11.3. The van der Waals surface area contributed by atoms with E-state index in [9.17, 15) is 0 Å². The van der Waals surface area contributed by atoms with Gasteiger partial charge >= 0.3 is 0 Å². The lowest BCUT2D eigenvalue weighted by Crippen LogP contribution is -2.28. The number of fused-ring (bicyclic) bond motifs is 8. The summed E-state index contributed by atoms with van der Waals surface area (Å²) in [5, 5.41) is 2.51. The third-order valence-electron chi connectivity index (χ3n) is 10.8. The number of hydrogen-bond donors (Lipinski definition) is 0. The Morgan fingerprint density at radius 2 is 0.959 bits per heavy atom. The molecule has 49 heavy (non-hydrogen) atoms. The third-order valence-corrected chi connectivity index (χ3v) is 12.0. The summed E-state index contributed by atoms with van der Waals surface area (Å²) in [6.45, 7) is 0. The Balaban J connectivity index is 1.15. The molecule has 2 heterocycles. The predicted molar refractivity (Wildman–Crippen MR) is 204 cm³/mol. The Labute approximate surface area is 290 Å². The lowest BCUT2D eigenvalue weighted by molar-refractivity contribution is 0.353. The van der Waals surface area contributed by atoms with E-state index in [1.807, 2.05) is 47.7 Å². The lowest BCUT2D eigenvalue weighted by atomic mass is 9.67. The Hall–Kier alpha value is -5.45. The van der Waals surface area contributed by atoms with Crippen molar-refractivity contribution in [2.24, 2.45) is 0 Å². The fourth-order valence-corrected chi connectivity index (χ4v) is 9.81. The van der Waals surface area contributed by atoms with Gasteiger partial charge in [0.2, 0.25) is 0 Å². The van der Waals surface area contributed by atoms with Gasteiger partial charge in [0.15, 0.2) is 17.5 Å². The highest BCUT2D eigenvalue weighted by atomic mass is 32.1. The summed E-state index contributed by atoms with van der Waals surface area (Å²) in [4.78, 5) is 15.1. The first-order valence-electron chi connectivity index (χ1n) is 17.3. The van der Waals surface area contributed by atoms with Crippen LogP contribution in [-0.2, 0) is 5.41 Å². The van der Waals surface area contributed by atoms with Crippen molar-refractivity contribution in [2.45, 2.75) is 37.5 Å². The first-order chi connectivity index (χ1) is 24.3. The topological polar surface area (TPSA) is 38.7 Å². The summed E-state index contributed by atoms with van der Waals surface area (Å²) in [5.41, 5.74) is 11.6. The van der Waals surface area contributed by atoms with E-state index in [1.54, 1.807) is 0 Å². The van der Waals surface area contributed by atoms with E-state index in [0.717, 1.165) is 16.7 Å². The number of thiophene rings is 1. The summed E-state index contributed by atoms with van der Waals surface area (Å²) in [6, 6.07) is 50.2. The zero-order chi connectivity index (χ0) is 32.4. The van der Waals surface area contributed by atoms with Gasteiger partial charge in [0, 0.05) is 42.3 Å². The monoisotopic (exact) mass is 647 g/mol. The molecule has 0 N–H and O–H groups in total. The van der Waals surface area contributed by atoms with E-state index in [-0.39, 0.29) is 5.41 Å². The van der Waals surface area contributed by atoms with Crippen LogP contribution in [0.25, 0.3) is 76.6 Å². The molecule has 234 valence electrons. The first kappa shape index (κ1) is 28.6. The van der Waals surface area contributed by atoms with Crippen molar-refractivity contribution in [3.63, 3.8) is 0 Å². The summed E-state index contributed by atoms with van der Waals surface area (Å²) in [7, 11) is 0. The van der Waals surface area contributed by atoms with Crippen LogP contribution < -0.4 is 0 Å². The maximum absolute atomic E-state index is 5.09. The number of hydrogen-bond acceptors (Lipinski definition) is 4. The highest BCUT2D eigenvalue weighted by Crippen LogP contribution is 2.56. The van der Waals surface area contributed by atoms with Crippen LogP contribution >= 0.6 is 11.3 Å². The van der Waals surface area contributed by atoms with Gasteiger partial charge < -0.3 is 0 Å². The van der Waals surface area contributed by atoms with Crippen LogP contribution in [0.1, 0.15) is 43.2 Å². The highest BCUT2D eigenvalue weighted by Gasteiger charge is 2.43. The Morgan fingerprint density at radius 1 is 0.408 bits per heavy atom. The molecule has 8 aromatic rings. The van der Waals surface area contributed by atoms with Gasteiger partial charge in [-0.25, -0.2) is 15.0 Å². The largest absolute Gasteiger partial charge is 0.208 e. The molecule has 6 aromatic carbocycles. The fourth-order valence-electron chi connectivity index (χ4n) is 8.47. The average molecular weight is 648 g/mol. The number of aromatic nitrogens is 3. The van der Waals surface area contributed by atoms with E-state index in [4.69, 9.17) is 15.0 Å². The molecule has 0 aliphatic heterocycles. The average Bonchev–Trinajstić information content (AvgIpc) is 3.69. The molecule has 1 fully saturated rings. The Bertz CT molecular complexity index is 2470. The molecule has 2 aromatic heterocycles. The standard InChI is InChI=1S/C45H33N3S/c1-4-14-29(15-5-1)42-46-43(30-16-6-2-7-17-30)48-44(47-42)37-22-13-21-36-35-20-12-19-32(40(35)49-41(36)37)31-24-25-34-33-18-8-9-23-38(33)45(39(34)28-31)26-10-3-11-27-45/h1-2,4-9,12-25,28H,3,10-11,26-27H2. The van der Waals surface area contributed by atoms with Gasteiger partial charge in [-0.1, -0.05) is 147 Å². The molecule has 10 rings (SSSR count).